The fourth-order valence-electron chi connectivity index (χ4n) is 2.74. The maximum absolute atomic E-state index is 6.16. The van der Waals surface area contributed by atoms with Gasteiger partial charge in [-0.05, 0) is 31.1 Å². The van der Waals surface area contributed by atoms with Crippen molar-refractivity contribution >= 4 is 17.4 Å². The highest BCUT2D eigenvalue weighted by molar-refractivity contribution is 6.30. The number of nitrogens with one attached hydrogen (secondary N) is 1. The van der Waals surface area contributed by atoms with Crippen molar-refractivity contribution in [3.63, 3.8) is 0 Å². The van der Waals surface area contributed by atoms with Gasteiger partial charge in [-0.3, -0.25) is 0 Å². The number of halogens is 1. The lowest BCUT2D eigenvalue weighted by molar-refractivity contribution is 0.378. The number of nitrogens with zero attached hydrogens (tertiary/aromatic N) is 2. The molecule has 1 saturated carbocycles. The van der Waals surface area contributed by atoms with Gasteiger partial charge in [-0.25, -0.2) is 9.97 Å². The molecule has 0 amide bonds. The third-order valence-electron chi connectivity index (χ3n) is 3.70. The first-order chi connectivity index (χ1) is 8.52. The van der Waals surface area contributed by atoms with E-state index in [1.165, 1.54) is 19.3 Å². The second kappa shape index (κ2) is 5.43. The maximum atomic E-state index is 6.16. The molecule has 2 rings (SSSR count). The van der Waals surface area contributed by atoms with Gasteiger partial charge in [0.25, 0.3) is 0 Å². The highest BCUT2D eigenvalue weighted by Gasteiger charge is 2.31. The molecule has 0 aromatic carbocycles. The predicted octanol–water partition coefficient (Wildman–Crippen LogP) is 4.07. The third-order valence-corrected chi connectivity index (χ3v) is 4.03. The van der Waals surface area contributed by atoms with Gasteiger partial charge >= 0.3 is 0 Å². The van der Waals surface area contributed by atoms with Crippen LogP contribution in [0.4, 0.5) is 5.82 Å². The molecule has 0 bridgehead atoms. The SMILES string of the molecule is CCCc1c(Cl)ncnc1NC1CCC(C)(C)C1. The van der Waals surface area contributed by atoms with E-state index in [1.807, 2.05) is 0 Å². The minimum absolute atomic E-state index is 0.444. The van der Waals surface area contributed by atoms with E-state index >= 15 is 0 Å². The van der Waals surface area contributed by atoms with Crippen LogP contribution in [0, 0.1) is 5.41 Å². The van der Waals surface area contributed by atoms with Crippen LogP contribution in [0.15, 0.2) is 6.33 Å². The molecular weight excluding hydrogens is 246 g/mol. The zero-order valence-electron chi connectivity index (χ0n) is 11.5. The summed E-state index contributed by atoms with van der Waals surface area (Å²) in [5.41, 5.74) is 1.51. The Balaban J connectivity index is 2.12. The molecule has 1 fully saturated rings. The molecule has 1 aliphatic rings. The monoisotopic (exact) mass is 267 g/mol. The van der Waals surface area contributed by atoms with Crippen molar-refractivity contribution in [3.8, 4) is 0 Å². The summed E-state index contributed by atoms with van der Waals surface area (Å²) in [4.78, 5) is 8.44. The van der Waals surface area contributed by atoms with Crippen LogP contribution in [-0.4, -0.2) is 16.0 Å². The predicted molar refractivity (Wildman–Crippen MR) is 76.1 cm³/mol. The van der Waals surface area contributed by atoms with Crippen LogP contribution in [0.3, 0.4) is 0 Å². The summed E-state index contributed by atoms with van der Waals surface area (Å²) >= 11 is 6.16. The molecule has 4 heteroatoms. The van der Waals surface area contributed by atoms with Crippen molar-refractivity contribution < 1.29 is 0 Å². The average Bonchev–Trinajstić information content (AvgIpc) is 2.63. The molecule has 1 aromatic rings. The quantitative estimate of drug-likeness (QED) is 0.836. The molecule has 3 nitrogen and oxygen atoms in total. The Bertz CT molecular complexity index is 418. The van der Waals surface area contributed by atoms with Crippen LogP contribution in [0.5, 0.6) is 0 Å². The van der Waals surface area contributed by atoms with Gasteiger partial charge < -0.3 is 5.32 Å². The van der Waals surface area contributed by atoms with Gasteiger partial charge in [-0.15, -0.1) is 0 Å². The lowest BCUT2D eigenvalue weighted by atomic mass is 9.92. The van der Waals surface area contributed by atoms with Gasteiger partial charge in [0.05, 0.1) is 0 Å². The zero-order chi connectivity index (χ0) is 13.2. The Morgan fingerprint density at radius 3 is 2.83 bits per heavy atom. The first kappa shape index (κ1) is 13.6. The maximum Gasteiger partial charge on any atom is 0.137 e. The summed E-state index contributed by atoms with van der Waals surface area (Å²) in [7, 11) is 0. The highest BCUT2D eigenvalue weighted by Crippen LogP contribution is 2.38. The Labute approximate surface area is 114 Å². The summed E-state index contributed by atoms with van der Waals surface area (Å²) in [6.45, 7) is 6.80. The van der Waals surface area contributed by atoms with E-state index in [0.29, 0.717) is 16.6 Å². The van der Waals surface area contributed by atoms with Crippen LogP contribution < -0.4 is 5.32 Å². The molecule has 1 atom stereocenters. The van der Waals surface area contributed by atoms with Crippen LogP contribution >= 0.6 is 11.6 Å². The summed E-state index contributed by atoms with van der Waals surface area (Å²) in [5.74, 6) is 0.930. The Hall–Kier alpha value is -0.830. The van der Waals surface area contributed by atoms with Crippen LogP contribution in [0.1, 0.15) is 52.0 Å². The van der Waals surface area contributed by atoms with Crippen LogP contribution in [0.25, 0.3) is 0 Å². The summed E-state index contributed by atoms with van der Waals surface area (Å²) < 4.78 is 0. The molecule has 1 heterocycles. The van der Waals surface area contributed by atoms with Gasteiger partial charge in [-0.2, -0.15) is 0 Å². The second-order valence-corrected chi connectivity index (χ2v) is 6.35. The summed E-state index contributed by atoms with van der Waals surface area (Å²) in [6.07, 6.45) is 7.20. The van der Waals surface area contributed by atoms with Gasteiger partial charge in [0, 0.05) is 11.6 Å². The van der Waals surface area contributed by atoms with E-state index in [2.05, 4.69) is 36.1 Å². The standard InChI is InChI=1S/C14H22ClN3/c1-4-5-11-12(15)16-9-17-13(11)18-10-6-7-14(2,3)8-10/h9-10H,4-8H2,1-3H3,(H,16,17,18). The second-order valence-electron chi connectivity index (χ2n) is 5.99. The molecule has 0 spiro atoms. The number of aromatic nitrogens is 2. The molecular formula is C14H22ClN3. The normalized spacial score (nSPS) is 22.1. The van der Waals surface area contributed by atoms with Gasteiger partial charge in [0.15, 0.2) is 0 Å². The number of rotatable bonds is 4. The van der Waals surface area contributed by atoms with E-state index in [4.69, 9.17) is 11.6 Å². The molecule has 1 N–H and O–H groups in total. The Kier molecular flexibility index (Phi) is 4.10. The minimum Gasteiger partial charge on any atom is -0.367 e. The molecule has 0 radical (unpaired) electrons. The van der Waals surface area contributed by atoms with Crippen molar-refractivity contribution in [1.82, 2.24) is 9.97 Å². The largest absolute Gasteiger partial charge is 0.367 e. The van der Waals surface area contributed by atoms with E-state index < -0.39 is 0 Å². The summed E-state index contributed by atoms with van der Waals surface area (Å²) in [5, 5.41) is 4.14. The van der Waals surface area contributed by atoms with Crippen LogP contribution in [-0.2, 0) is 6.42 Å². The molecule has 1 unspecified atom stereocenters. The van der Waals surface area contributed by atoms with E-state index in [9.17, 15) is 0 Å². The molecule has 1 aromatic heterocycles. The topological polar surface area (TPSA) is 37.8 Å². The first-order valence-electron chi connectivity index (χ1n) is 6.78. The van der Waals surface area contributed by atoms with Crippen molar-refractivity contribution in [3.05, 3.63) is 17.0 Å². The van der Waals surface area contributed by atoms with Gasteiger partial charge in [-0.1, -0.05) is 38.8 Å². The molecule has 18 heavy (non-hydrogen) atoms. The number of anilines is 1. The van der Waals surface area contributed by atoms with Gasteiger partial charge in [0.1, 0.15) is 17.3 Å². The summed E-state index contributed by atoms with van der Waals surface area (Å²) in [6, 6.07) is 0.515. The van der Waals surface area contributed by atoms with Crippen molar-refractivity contribution in [2.75, 3.05) is 5.32 Å². The molecule has 0 aliphatic heterocycles. The Morgan fingerprint density at radius 2 is 2.22 bits per heavy atom. The average molecular weight is 268 g/mol. The molecule has 0 saturated heterocycles. The molecule has 1 aliphatic carbocycles. The van der Waals surface area contributed by atoms with Crippen molar-refractivity contribution in [2.24, 2.45) is 5.41 Å². The third kappa shape index (κ3) is 3.14. The lowest BCUT2D eigenvalue weighted by Gasteiger charge is -2.19. The smallest absolute Gasteiger partial charge is 0.137 e. The van der Waals surface area contributed by atoms with E-state index in [1.54, 1.807) is 6.33 Å². The minimum atomic E-state index is 0.444. The fourth-order valence-corrected chi connectivity index (χ4v) is 2.97. The Morgan fingerprint density at radius 1 is 1.44 bits per heavy atom. The zero-order valence-corrected chi connectivity index (χ0v) is 12.2. The van der Waals surface area contributed by atoms with E-state index in [-0.39, 0.29) is 0 Å². The number of hydrogen-bond acceptors (Lipinski definition) is 3. The first-order valence-corrected chi connectivity index (χ1v) is 7.15. The van der Waals surface area contributed by atoms with E-state index in [0.717, 1.165) is 24.2 Å². The van der Waals surface area contributed by atoms with Crippen molar-refractivity contribution in [2.45, 2.75) is 58.9 Å². The van der Waals surface area contributed by atoms with Gasteiger partial charge in [0.2, 0.25) is 0 Å². The number of hydrogen-bond donors (Lipinski definition) is 1. The van der Waals surface area contributed by atoms with Crippen molar-refractivity contribution in [1.29, 1.82) is 0 Å². The lowest BCUT2D eigenvalue weighted by Crippen LogP contribution is -2.19. The highest BCUT2D eigenvalue weighted by atomic mass is 35.5. The fraction of sp³-hybridized carbons (Fsp3) is 0.714. The van der Waals surface area contributed by atoms with Crippen LogP contribution in [0.2, 0.25) is 5.15 Å². The molecule has 100 valence electrons.